The monoisotopic (exact) mass is 293 g/mol. The van der Waals surface area contributed by atoms with E-state index < -0.39 is 30.5 Å². The van der Waals surface area contributed by atoms with Crippen molar-refractivity contribution < 1.29 is 24.3 Å². The molecular formula is C13H15N3O5. The summed E-state index contributed by atoms with van der Waals surface area (Å²) in [5, 5.41) is 11.4. The number of amides is 4. The van der Waals surface area contributed by atoms with Crippen LogP contribution in [0.1, 0.15) is 28.9 Å². The van der Waals surface area contributed by atoms with Gasteiger partial charge in [0, 0.05) is 0 Å². The van der Waals surface area contributed by atoms with Gasteiger partial charge in [-0.3, -0.25) is 14.5 Å². The van der Waals surface area contributed by atoms with Crippen LogP contribution in [0.5, 0.6) is 0 Å². The summed E-state index contributed by atoms with van der Waals surface area (Å²) in [6.07, 6.45) is 0.195. The molecule has 0 aromatic heterocycles. The molecule has 0 spiro atoms. The molecule has 8 nitrogen and oxygen atoms in total. The van der Waals surface area contributed by atoms with E-state index in [0.717, 1.165) is 0 Å². The summed E-state index contributed by atoms with van der Waals surface area (Å²) >= 11 is 0. The van der Waals surface area contributed by atoms with Crippen LogP contribution in [0.4, 0.5) is 4.79 Å². The van der Waals surface area contributed by atoms with Crippen LogP contribution >= 0.6 is 0 Å². The number of rotatable bonds is 6. The zero-order chi connectivity index (χ0) is 16.0. The van der Waals surface area contributed by atoms with Crippen molar-refractivity contribution in [2.45, 2.75) is 13.0 Å². The molecule has 1 aromatic carbocycles. The Bertz CT molecular complexity index is 573. The van der Waals surface area contributed by atoms with Gasteiger partial charge in [0.05, 0.1) is 11.6 Å². The van der Waals surface area contributed by atoms with Gasteiger partial charge >= 0.3 is 12.0 Å². The maximum absolute atomic E-state index is 11.8. The summed E-state index contributed by atoms with van der Waals surface area (Å²) in [6, 6.07) is 4.67. The number of carboxylic acid groups (broad SMARTS) is 1. The lowest BCUT2D eigenvalue weighted by Gasteiger charge is -2.19. The number of urea groups is 1. The molecule has 1 atom stereocenters. The first-order chi connectivity index (χ1) is 9.85. The SMILES string of the molecule is CC(NC(=O)N(C=O)CC(N)=O)c1cccc(C(=O)O)c1. The highest BCUT2D eigenvalue weighted by Crippen LogP contribution is 2.14. The summed E-state index contributed by atoms with van der Waals surface area (Å²) in [4.78, 5) is 44.7. The second kappa shape index (κ2) is 7.04. The van der Waals surface area contributed by atoms with Gasteiger partial charge in [0.25, 0.3) is 0 Å². The second-order valence-electron chi connectivity index (χ2n) is 4.30. The summed E-state index contributed by atoms with van der Waals surface area (Å²) in [5.41, 5.74) is 5.55. The number of carbonyl (C=O) groups is 4. The van der Waals surface area contributed by atoms with E-state index in [4.69, 9.17) is 10.8 Å². The quantitative estimate of drug-likeness (QED) is 0.640. The van der Waals surface area contributed by atoms with E-state index in [0.29, 0.717) is 10.5 Å². The average molecular weight is 293 g/mol. The lowest BCUT2D eigenvalue weighted by molar-refractivity contribution is -0.124. The Balaban J connectivity index is 2.80. The van der Waals surface area contributed by atoms with Crippen molar-refractivity contribution in [2.24, 2.45) is 5.73 Å². The fraction of sp³-hybridized carbons (Fsp3) is 0.231. The zero-order valence-corrected chi connectivity index (χ0v) is 11.3. The van der Waals surface area contributed by atoms with Crippen LogP contribution in [0.15, 0.2) is 24.3 Å². The molecule has 0 radical (unpaired) electrons. The largest absolute Gasteiger partial charge is 0.478 e. The van der Waals surface area contributed by atoms with Gasteiger partial charge in [-0.2, -0.15) is 0 Å². The second-order valence-corrected chi connectivity index (χ2v) is 4.30. The van der Waals surface area contributed by atoms with Gasteiger partial charge in [-0.25, -0.2) is 9.59 Å². The minimum atomic E-state index is -1.08. The van der Waals surface area contributed by atoms with Crippen molar-refractivity contribution in [1.29, 1.82) is 0 Å². The van der Waals surface area contributed by atoms with Crippen molar-refractivity contribution in [3.63, 3.8) is 0 Å². The molecule has 0 saturated heterocycles. The number of primary amides is 1. The molecule has 1 rings (SSSR count). The third kappa shape index (κ3) is 4.60. The molecule has 1 aromatic rings. The van der Waals surface area contributed by atoms with E-state index in [9.17, 15) is 19.2 Å². The average Bonchev–Trinajstić information content (AvgIpc) is 2.44. The van der Waals surface area contributed by atoms with Crippen molar-refractivity contribution in [3.8, 4) is 0 Å². The summed E-state index contributed by atoms with van der Waals surface area (Å²) in [5.74, 6) is -1.91. The van der Waals surface area contributed by atoms with Crippen LogP contribution in [-0.2, 0) is 9.59 Å². The smallest absolute Gasteiger partial charge is 0.335 e. The topological polar surface area (TPSA) is 130 Å². The maximum Gasteiger partial charge on any atom is 0.335 e. The van der Waals surface area contributed by atoms with E-state index in [-0.39, 0.29) is 12.0 Å². The van der Waals surface area contributed by atoms with Gasteiger partial charge in [0.1, 0.15) is 6.54 Å². The number of carbonyl (C=O) groups excluding carboxylic acids is 3. The molecule has 0 fully saturated rings. The van der Waals surface area contributed by atoms with Crippen LogP contribution < -0.4 is 11.1 Å². The van der Waals surface area contributed by atoms with Crippen molar-refractivity contribution >= 4 is 24.3 Å². The number of nitrogens with one attached hydrogen (secondary N) is 1. The predicted molar refractivity (Wildman–Crippen MR) is 72.3 cm³/mol. The molecule has 0 bridgehead atoms. The fourth-order valence-corrected chi connectivity index (χ4v) is 1.62. The number of carboxylic acids is 1. The van der Waals surface area contributed by atoms with Crippen molar-refractivity contribution in [2.75, 3.05) is 6.54 Å². The molecule has 0 saturated carbocycles. The molecule has 4 amide bonds. The number of nitrogens with zero attached hydrogens (tertiary/aromatic N) is 1. The normalized spacial score (nSPS) is 11.3. The van der Waals surface area contributed by atoms with Crippen LogP contribution in [0.3, 0.4) is 0 Å². The minimum absolute atomic E-state index is 0.0815. The molecule has 0 aliphatic rings. The fourth-order valence-electron chi connectivity index (χ4n) is 1.62. The predicted octanol–water partition coefficient (Wildman–Crippen LogP) is 0.0991. The van der Waals surface area contributed by atoms with Gasteiger partial charge in [-0.1, -0.05) is 12.1 Å². The molecule has 1 unspecified atom stereocenters. The molecule has 4 N–H and O–H groups in total. The summed E-state index contributed by atoms with van der Waals surface area (Å²) in [7, 11) is 0. The Hall–Kier alpha value is -2.90. The standard InChI is InChI=1S/C13H15N3O5/c1-8(9-3-2-4-10(5-9)12(19)20)15-13(21)16(7-17)6-11(14)18/h2-5,7-8H,6H2,1H3,(H2,14,18)(H,15,21)(H,19,20). The van der Waals surface area contributed by atoms with Gasteiger partial charge in [-0.05, 0) is 24.6 Å². The highest BCUT2D eigenvalue weighted by molar-refractivity contribution is 5.90. The Labute approximate surface area is 120 Å². The lowest BCUT2D eigenvalue weighted by Crippen LogP contribution is -2.44. The van der Waals surface area contributed by atoms with Gasteiger partial charge in [0.2, 0.25) is 12.3 Å². The first kappa shape index (κ1) is 16.2. The summed E-state index contributed by atoms with van der Waals surface area (Å²) in [6.45, 7) is 1.09. The number of benzene rings is 1. The Morgan fingerprint density at radius 3 is 2.62 bits per heavy atom. The first-order valence-electron chi connectivity index (χ1n) is 5.99. The number of hydrogen-bond acceptors (Lipinski definition) is 4. The number of nitrogens with two attached hydrogens (primary N) is 1. The van der Waals surface area contributed by atoms with Gasteiger partial charge in [0.15, 0.2) is 0 Å². The minimum Gasteiger partial charge on any atom is -0.478 e. The first-order valence-corrected chi connectivity index (χ1v) is 5.99. The highest BCUT2D eigenvalue weighted by atomic mass is 16.4. The van der Waals surface area contributed by atoms with Crippen LogP contribution in [-0.4, -0.2) is 40.9 Å². The number of imide groups is 1. The number of hydrogen-bond donors (Lipinski definition) is 3. The molecule has 21 heavy (non-hydrogen) atoms. The molecule has 0 aliphatic heterocycles. The van der Waals surface area contributed by atoms with E-state index in [1.54, 1.807) is 19.1 Å². The van der Waals surface area contributed by atoms with E-state index in [1.807, 2.05) is 0 Å². The van der Waals surface area contributed by atoms with E-state index in [2.05, 4.69) is 5.32 Å². The van der Waals surface area contributed by atoms with E-state index in [1.165, 1.54) is 12.1 Å². The lowest BCUT2D eigenvalue weighted by atomic mass is 10.1. The Morgan fingerprint density at radius 1 is 1.43 bits per heavy atom. The molecule has 112 valence electrons. The molecule has 0 heterocycles. The third-order valence-corrected chi connectivity index (χ3v) is 2.69. The number of aromatic carboxylic acids is 1. The van der Waals surface area contributed by atoms with Gasteiger partial charge < -0.3 is 16.2 Å². The molecule has 8 heteroatoms. The Kier molecular flexibility index (Phi) is 5.41. The van der Waals surface area contributed by atoms with Crippen LogP contribution in [0.2, 0.25) is 0 Å². The van der Waals surface area contributed by atoms with Crippen molar-refractivity contribution in [1.82, 2.24) is 10.2 Å². The third-order valence-electron chi connectivity index (χ3n) is 2.69. The van der Waals surface area contributed by atoms with Crippen LogP contribution in [0, 0.1) is 0 Å². The maximum atomic E-state index is 11.8. The van der Waals surface area contributed by atoms with Gasteiger partial charge in [-0.15, -0.1) is 0 Å². The van der Waals surface area contributed by atoms with E-state index >= 15 is 0 Å². The molecule has 0 aliphatic carbocycles. The summed E-state index contributed by atoms with van der Waals surface area (Å²) < 4.78 is 0. The van der Waals surface area contributed by atoms with Crippen molar-refractivity contribution in [3.05, 3.63) is 35.4 Å². The molecular weight excluding hydrogens is 278 g/mol. The van der Waals surface area contributed by atoms with Crippen LogP contribution in [0.25, 0.3) is 0 Å². The zero-order valence-electron chi connectivity index (χ0n) is 11.3. The highest BCUT2D eigenvalue weighted by Gasteiger charge is 2.18. The Morgan fingerprint density at radius 2 is 2.10 bits per heavy atom.